The molecule has 0 bridgehead atoms. The fourth-order valence-electron chi connectivity index (χ4n) is 3.11. The average Bonchev–Trinajstić information content (AvgIpc) is 3.25. The van der Waals surface area contributed by atoms with Crippen LogP contribution in [0.2, 0.25) is 10.0 Å². The van der Waals surface area contributed by atoms with Gasteiger partial charge in [-0.2, -0.15) is 5.10 Å². The molecular formula is C20H23Cl2N5O. The van der Waals surface area contributed by atoms with Crippen LogP contribution in [-0.2, 0) is 17.8 Å². The predicted molar refractivity (Wildman–Crippen MR) is 111 cm³/mol. The second-order valence-electron chi connectivity index (χ2n) is 6.69. The highest BCUT2D eigenvalue weighted by Gasteiger charge is 2.17. The van der Waals surface area contributed by atoms with E-state index in [1.54, 1.807) is 29.3 Å². The normalized spacial score (nSPS) is 11.0. The molecule has 0 aliphatic rings. The van der Waals surface area contributed by atoms with Crippen LogP contribution in [-0.4, -0.2) is 31.8 Å². The van der Waals surface area contributed by atoms with Crippen molar-refractivity contribution in [3.05, 3.63) is 63.9 Å². The van der Waals surface area contributed by atoms with Gasteiger partial charge in [-0.3, -0.25) is 4.79 Å². The molecule has 3 aromatic rings. The van der Waals surface area contributed by atoms with Crippen LogP contribution in [0.25, 0.3) is 5.69 Å². The molecule has 0 fully saturated rings. The number of imidazole rings is 1. The molecule has 1 N–H and O–H groups in total. The van der Waals surface area contributed by atoms with Crippen LogP contribution in [0.15, 0.2) is 36.9 Å². The van der Waals surface area contributed by atoms with Gasteiger partial charge in [0.1, 0.15) is 0 Å². The lowest BCUT2D eigenvalue weighted by Gasteiger charge is -2.08. The molecule has 0 radical (unpaired) electrons. The first kappa shape index (κ1) is 20.4. The monoisotopic (exact) mass is 419 g/mol. The van der Waals surface area contributed by atoms with Crippen LogP contribution >= 0.6 is 23.2 Å². The van der Waals surface area contributed by atoms with Crippen LogP contribution in [0.3, 0.4) is 0 Å². The summed E-state index contributed by atoms with van der Waals surface area (Å²) in [5.74, 6) is -0.00409. The Hall–Kier alpha value is -2.31. The molecule has 6 nitrogen and oxygen atoms in total. The van der Waals surface area contributed by atoms with Crippen LogP contribution in [0.1, 0.15) is 29.8 Å². The molecule has 1 aromatic carbocycles. The van der Waals surface area contributed by atoms with Crippen LogP contribution < -0.4 is 5.32 Å². The Kier molecular flexibility index (Phi) is 6.75. The second-order valence-corrected chi connectivity index (χ2v) is 7.53. The third-order valence-corrected chi connectivity index (χ3v) is 5.18. The molecule has 0 saturated heterocycles. The highest BCUT2D eigenvalue weighted by molar-refractivity contribution is 6.35. The lowest BCUT2D eigenvalue weighted by Crippen LogP contribution is -2.26. The molecule has 0 aliphatic heterocycles. The van der Waals surface area contributed by atoms with Gasteiger partial charge in [0, 0.05) is 41.8 Å². The first-order chi connectivity index (χ1) is 13.5. The number of rotatable bonds is 8. The van der Waals surface area contributed by atoms with E-state index in [0.717, 1.165) is 42.0 Å². The number of nitrogens with one attached hydrogen (secondary N) is 1. The zero-order valence-electron chi connectivity index (χ0n) is 16.0. The van der Waals surface area contributed by atoms with Crippen molar-refractivity contribution in [1.29, 1.82) is 0 Å². The summed E-state index contributed by atoms with van der Waals surface area (Å²) in [4.78, 5) is 16.4. The van der Waals surface area contributed by atoms with E-state index in [4.69, 9.17) is 23.2 Å². The zero-order valence-corrected chi connectivity index (χ0v) is 17.5. The minimum Gasteiger partial charge on any atom is -0.356 e. The number of benzene rings is 1. The van der Waals surface area contributed by atoms with Gasteiger partial charge in [0.25, 0.3) is 0 Å². The Balaban J connectivity index is 1.56. The molecule has 0 atom stereocenters. The van der Waals surface area contributed by atoms with Crippen molar-refractivity contribution in [2.75, 3.05) is 6.54 Å². The first-order valence-electron chi connectivity index (χ1n) is 9.18. The van der Waals surface area contributed by atoms with Gasteiger partial charge >= 0.3 is 0 Å². The molecule has 28 heavy (non-hydrogen) atoms. The Morgan fingerprint density at radius 2 is 2.04 bits per heavy atom. The minimum atomic E-state index is -0.00409. The highest BCUT2D eigenvalue weighted by Crippen LogP contribution is 2.27. The number of hydrogen-bond acceptors (Lipinski definition) is 3. The Morgan fingerprint density at radius 1 is 1.21 bits per heavy atom. The smallest absolute Gasteiger partial charge is 0.224 e. The van der Waals surface area contributed by atoms with Crippen molar-refractivity contribution in [3.8, 4) is 5.69 Å². The van der Waals surface area contributed by atoms with Crippen LogP contribution in [0, 0.1) is 13.8 Å². The van der Waals surface area contributed by atoms with Gasteiger partial charge < -0.3 is 9.88 Å². The Morgan fingerprint density at radius 3 is 2.75 bits per heavy atom. The topological polar surface area (TPSA) is 64.7 Å². The highest BCUT2D eigenvalue weighted by atomic mass is 35.5. The lowest BCUT2D eigenvalue weighted by molar-refractivity contribution is -0.120. The summed E-state index contributed by atoms with van der Waals surface area (Å²) in [6.45, 7) is 5.41. The third-order valence-electron chi connectivity index (χ3n) is 4.64. The molecule has 2 heterocycles. The number of aromatic nitrogens is 4. The maximum absolute atomic E-state index is 12.4. The number of hydrogen-bond donors (Lipinski definition) is 1. The summed E-state index contributed by atoms with van der Waals surface area (Å²) in [5.41, 5.74) is 3.38. The molecule has 0 saturated carbocycles. The summed E-state index contributed by atoms with van der Waals surface area (Å²) in [6, 6.07) is 5.29. The largest absolute Gasteiger partial charge is 0.356 e. The van der Waals surface area contributed by atoms with Crippen molar-refractivity contribution < 1.29 is 4.79 Å². The van der Waals surface area contributed by atoms with E-state index in [1.165, 1.54) is 0 Å². The Bertz CT molecular complexity index is 950. The number of aryl methyl sites for hydroxylation is 2. The summed E-state index contributed by atoms with van der Waals surface area (Å²) < 4.78 is 3.80. The van der Waals surface area contributed by atoms with E-state index < -0.39 is 0 Å². The molecule has 1 amide bonds. The number of unbranched alkanes of at least 4 members (excludes halogenated alkanes) is 1. The number of carbonyl (C=O) groups excluding carboxylic acids is 1. The number of halogens is 2. The zero-order chi connectivity index (χ0) is 20.1. The first-order valence-corrected chi connectivity index (χ1v) is 9.94. The van der Waals surface area contributed by atoms with Crippen LogP contribution in [0.5, 0.6) is 0 Å². The van der Waals surface area contributed by atoms with Gasteiger partial charge in [0.2, 0.25) is 5.91 Å². The second kappa shape index (κ2) is 9.26. The van der Waals surface area contributed by atoms with Gasteiger partial charge in [-0.15, -0.1) is 0 Å². The summed E-state index contributed by atoms with van der Waals surface area (Å²) in [6.07, 6.45) is 7.71. The van der Waals surface area contributed by atoms with Crippen LogP contribution in [0.4, 0.5) is 0 Å². The van der Waals surface area contributed by atoms with Crippen molar-refractivity contribution in [2.24, 2.45) is 0 Å². The average molecular weight is 420 g/mol. The van der Waals surface area contributed by atoms with Crippen molar-refractivity contribution in [2.45, 2.75) is 39.7 Å². The molecule has 0 unspecified atom stereocenters. The fourth-order valence-corrected chi connectivity index (χ4v) is 3.60. The van der Waals surface area contributed by atoms with E-state index >= 15 is 0 Å². The van der Waals surface area contributed by atoms with E-state index in [1.807, 2.05) is 30.7 Å². The summed E-state index contributed by atoms with van der Waals surface area (Å²) in [7, 11) is 0. The third kappa shape index (κ3) is 4.94. The van der Waals surface area contributed by atoms with E-state index in [9.17, 15) is 4.79 Å². The van der Waals surface area contributed by atoms with Crippen molar-refractivity contribution in [1.82, 2.24) is 24.6 Å². The quantitative estimate of drug-likeness (QED) is 0.558. The Labute approximate surface area is 174 Å². The lowest BCUT2D eigenvalue weighted by atomic mass is 10.1. The van der Waals surface area contributed by atoms with Gasteiger partial charge in [-0.25, -0.2) is 9.67 Å². The molecular weight excluding hydrogens is 397 g/mol. The van der Waals surface area contributed by atoms with Gasteiger partial charge in [-0.05, 0) is 44.9 Å². The maximum atomic E-state index is 12.4. The number of nitrogens with zero attached hydrogens (tertiary/aromatic N) is 4. The van der Waals surface area contributed by atoms with E-state index in [2.05, 4.69) is 15.4 Å². The molecule has 2 aromatic heterocycles. The number of carbonyl (C=O) groups is 1. The fraction of sp³-hybridized carbons (Fsp3) is 0.350. The molecule has 0 aliphatic carbocycles. The van der Waals surface area contributed by atoms with E-state index in [0.29, 0.717) is 23.0 Å². The SMILES string of the molecule is Cc1nn(-c2ccc(Cl)cc2Cl)c(C)c1CC(=O)NCCCCn1ccnc1. The maximum Gasteiger partial charge on any atom is 0.224 e. The molecule has 148 valence electrons. The number of amides is 1. The van der Waals surface area contributed by atoms with Gasteiger partial charge in [0.15, 0.2) is 0 Å². The molecule has 0 spiro atoms. The summed E-state index contributed by atoms with van der Waals surface area (Å²) in [5, 5.41) is 8.64. The van der Waals surface area contributed by atoms with Gasteiger partial charge in [0.05, 0.1) is 29.2 Å². The van der Waals surface area contributed by atoms with Crippen molar-refractivity contribution >= 4 is 29.1 Å². The summed E-state index contributed by atoms with van der Waals surface area (Å²) >= 11 is 12.3. The predicted octanol–water partition coefficient (Wildman–Crippen LogP) is 4.13. The van der Waals surface area contributed by atoms with Crippen molar-refractivity contribution in [3.63, 3.8) is 0 Å². The standard InChI is InChI=1S/C20H23Cl2N5O/c1-14-17(12-20(28)24-7-3-4-9-26-10-8-23-13-26)15(2)27(25-14)19-6-5-16(21)11-18(19)22/h5-6,8,10-11,13H,3-4,7,9,12H2,1-2H3,(H,24,28). The van der Waals surface area contributed by atoms with E-state index in [-0.39, 0.29) is 5.91 Å². The minimum absolute atomic E-state index is 0.00409. The molecule has 3 rings (SSSR count). The molecule has 8 heteroatoms. The van der Waals surface area contributed by atoms with Gasteiger partial charge in [-0.1, -0.05) is 23.2 Å².